The molecular weight excluding hydrogens is 538 g/mol. The van der Waals surface area contributed by atoms with Gasteiger partial charge in [0, 0.05) is 39.3 Å². The van der Waals surface area contributed by atoms with Crippen LogP contribution in [-0.4, -0.2) is 79.5 Å². The lowest BCUT2D eigenvalue weighted by Gasteiger charge is -2.43. The van der Waals surface area contributed by atoms with Crippen molar-refractivity contribution in [3.63, 3.8) is 0 Å². The van der Waals surface area contributed by atoms with E-state index in [4.69, 9.17) is 23.7 Å². The van der Waals surface area contributed by atoms with Gasteiger partial charge < -0.3 is 28.4 Å². The minimum absolute atomic E-state index is 0.0975. The van der Waals surface area contributed by atoms with Crippen LogP contribution in [0.3, 0.4) is 0 Å². The summed E-state index contributed by atoms with van der Waals surface area (Å²) in [6, 6.07) is 2.99. The van der Waals surface area contributed by atoms with Crippen LogP contribution < -0.4 is 4.74 Å². The van der Waals surface area contributed by atoms with E-state index in [1.807, 2.05) is 0 Å². The van der Waals surface area contributed by atoms with Crippen molar-refractivity contribution >= 4 is 45.7 Å². The zero-order valence-electron chi connectivity index (χ0n) is 20.4. The molecule has 5 atom stereocenters. The second kappa shape index (κ2) is 12.4. The van der Waals surface area contributed by atoms with Crippen LogP contribution in [0.15, 0.2) is 18.2 Å². The number of nitro benzene ring substituents is 1. The molecule has 0 unspecified atom stereocenters. The standard InChI is InChI=1S/C21H23NO15S/c1-10(24)32-9-38(30,31)21-19(35-13(4)27)17(33-11(2)25)18(34-12(3)26)20(37-21)36-16-6-5-14(8-23)7-15(16)22(28)29/h5-8,17-21H,9H2,1-4H3/t17-,18+,19-,20-,21+/m0/s1. The van der Waals surface area contributed by atoms with Crippen LogP contribution in [-0.2, 0) is 52.7 Å². The van der Waals surface area contributed by atoms with Crippen LogP contribution in [0.4, 0.5) is 5.69 Å². The van der Waals surface area contributed by atoms with E-state index in [0.29, 0.717) is 6.29 Å². The minimum Gasteiger partial charge on any atom is -0.454 e. The molecule has 16 nitrogen and oxygen atoms in total. The summed E-state index contributed by atoms with van der Waals surface area (Å²) < 4.78 is 57.0. The minimum atomic E-state index is -4.69. The molecule has 1 aromatic rings. The molecule has 208 valence electrons. The first-order valence-corrected chi connectivity index (χ1v) is 12.3. The molecule has 0 N–H and O–H groups in total. The molecule has 0 aliphatic carbocycles. The van der Waals surface area contributed by atoms with Gasteiger partial charge in [0.2, 0.25) is 27.7 Å². The van der Waals surface area contributed by atoms with E-state index in [0.717, 1.165) is 45.9 Å². The third kappa shape index (κ3) is 7.69. The van der Waals surface area contributed by atoms with E-state index in [1.54, 1.807) is 0 Å². The zero-order chi connectivity index (χ0) is 28.8. The Bertz CT molecular complexity index is 1230. The fraction of sp³-hybridized carbons (Fsp3) is 0.476. The van der Waals surface area contributed by atoms with Crippen LogP contribution in [0, 0.1) is 10.1 Å². The highest BCUT2D eigenvalue weighted by atomic mass is 32.2. The van der Waals surface area contributed by atoms with Crippen molar-refractivity contribution in [1.82, 2.24) is 0 Å². The van der Waals surface area contributed by atoms with E-state index >= 15 is 0 Å². The summed E-state index contributed by atoms with van der Waals surface area (Å²) in [5.41, 5.74) is -3.08. The highest BCUT2D eigenvalue weighted by Crippen LogP contribution is 2.36. The van der Waals surface area contributed by atoms with Gasteiger partial charge in [-0.15, -0.1) is 0 Å². The number of hydrogen-bond donors (Lipinski definition) is 0. The van der Waals surface area contributed by atoms with Crippen molar-refractivity contribution in [1.29, 1.82) is 0 Å². The Morgan fingerprint density at radius 2 is 1.50 bits per heavy atom. The molecule has 17 heteroatoms. The molecule has 38 heavy (non-hydrogen) atoms. The molecule has 0 amide bonds. The summed E-state index contributed by atoms with van der Waals surface area (Å²) in [4.78, 5) is 68.5. The fourth-order valence-corrected chi connectivity index (χ4v) is 4.69. The predicted octanol–water partition coefficient (Wildman–Crippen LogP) is 0.199. The highest BCUT2D eigenvalue weighted by Gasteiger charge is 2.57. The highest BCUT2D eigenvalue weighted by molar-refractivity contribution is 7.91. The van der Waals surface area contributed by atoms with Gasteiger partial charge in [-0.05, 0) is 12.1 Å². The van der Waals surface area contributed by atoms with Gasteiger partial charge in [-0.3, -0.25) is 34.1 Å². The third-order valence-electron chi connectivity index (χ3n) is 4.70. The zero-order valence-corrected chi connectivity index (χ0v) is 21.2. The molecule has 1 fully saturated rings. The smallest absolute Gasteiger partial charge is 0.311 e. The van der Waals surface area contributed by atoms with Crippen molar-refractivity contribution in [3.8, 4) is 5.75 Å². The fourth-order valence-electron chi connectivity index (χ4n) is 3.33. The van der Waals surface area contributed by atoms with E-state index in [2.05, 4.69) is 4.74 Å². The van der Waals surface area contributed by atoms with Gasteiger partial charge >= 0.3 is 29.6 Å². The third-order valence-corrected chi connectivity index (χ3v) is 6.23. The van der Waals surface area contributed by atoms with E-state index in [9.17, 15) is 42.5 Å². The number of rotatable bonds is 10. The first kappa shape index (κ1) is 30.1. The maximum absolute atomic E-state index is 13.1. The van der Waals surface area contributed by atoms with Crippen LogP contribution >= 0.6 is 0 Å². The van der Waals surface area contributed by atoms with Gasteiger partial charge in [0.15, 0.2) is 23.9 Å². The molecule has 1 heterocycles. The van der Waals surface area contributed by atoms with Gasteiger partial charge in [-0.25, -0.2) is 8.42 Å². The van der Waals surface area contributed by atoms with Gasteiger partial charge in [-0.2, -0.15) is 0 Å². The molecule has 0 spiro atoms. The normalized spacial score (nSPS) is 22.9. The Balaban J connectivity index is 2.68. The number of aldehydes is 1. The van der Waals surface area contributed by atoms with Crippen LogP contribution in [0.1, 0.15) is 38.1 Å². The molecular formula is C21H23NO15S. The van der Waals surface area contributed by atoms with Crippen molar-refractivity contribution < 1.29 is 65.7 Å². The van der Waals surface area contributed by atoms with E-state index < -0.39 is 86.1 Å². The lowest BCUT2D eigenvalue weighted by atomic mass is 10.0. The number of sulfone groups is 1. The quantitative estimate of drug-likeness (QED) is 0.122. The number of benzene rings is 1. The summed E-state index contributed by atoms with van der Waals surface area (Å²) in [6.07, 6.45) is -7.36. The predicted molar refractivity (Wildman–Crippen MR) is 120 cm³/mol. The monoisotopic (exact) mass is 561 g/mol. The largest absolute Gasteiger partial charge is 0.454 e. The first-order valence-electron chi connectivity index (χ1n) is 10.6. The summed E-state index contributed by atoms with van der Waals surface area (Å²) in [5.74, 6) is -5.88. The molecule has 1 aliphatic rings. The Kier molecular flexibility index (Phi) is 9.84. The van der Waals surface area contributed by atoms with E-state index in [1.165, 1.54) is 0 Å². The number of carbonyl (C=O) groups is 5. The number of ether oxygens (including phenoxy) is 6. The molecule has 0 bridgehead atoms. The molecule has 1 saturated heterocycles. The van der Waals surface area contributed by atoms with Gasteiger partial charge in [-0.1, -0.05) is 0 Å². The van der Waals surface area contributed by atoms with Gasteiger partial charge in [0.1, 0.15) is 6.29 Å². The second-order valence-electron chi connectivity index (χ2n) is 7.73. The number of nitro groups is 1. The number of nitrogens with zero attached hydrogens (tertiary/aromatic N) is 1. The Morgan fingerprint density at radius 1 is 0.947 bits per heavy atom. The second-order valence-corrected chi connectivity index (χ2v) is 9.76. The molecule has 2 rings (SSSR count). The van der Waals surface area contributed by atoms with Crippen LogP contribution in [0.2, 0.25) is 0 Å². The first-order chi connectivity index (χ1) is 17.7. The van der Waals surface area contributed by atoms with Crippen molar-refractivity contribution in [2.45, 2.75) is 57.7 Å². The SMILES string of the molecule is CC(=O)OCS(=O)(=O)[C@H]1O[C@H](Oc2ccc(C=O)cc2[N+](=O)[O-])[C@H](OC(C)=O)[C@H](OC(C)=O)[C@@H]1OC(C)=O. The number of hydrogen-bond acceptors (Lipinski definition) is 15. The number of esters is 4. The average Bonchev–Trinajstić information content (AvgIpc) is 2.80. The Labute approximate surface area is 215 Å². The Hall–Kier alpha value is -4.12. The lowest BCUT2D eigenvalue weighted by molar-refractivity contribution is -0.387. The number of carbonyl (C=O) groups excluding carboxylic acids is 5. The lowest BCUT2D eigenvalue weighted by Crippen LogP contribution is -2.64. The van der Waals surface area contributed by atoms with Gasteiger partial charge in [0.05, 0.1) is 4.92 Å². The van der Waals surface area contributed by atoms with Gasteiger partial charge in [0.25, 0.3) is 0 Å². The Morgan fingerprint density at radius 3 is 2.00 bits per heavy atom. The maximum atomic E-state index is 13.1. The summed E-state index contributed by atoms with van der Waals surface area (Å²) in [5, 5.41) is 11.6. The molecule has 1 aliphatic heterocycles. The average molecular weight is 561 g/mol. The summed E-state index contributed by atoms with van der Waals surface area (Å²) in [6.45, 7) is 3.69. The van der Waals surface area contributed by atoms with Crippen LogP contribution in [0.25, 0.3) is 0 Å². The molecule has 0 radical (unpaired) electrons. The maximum Gasteiger partial charge on any atom is 0.311 e. The summed E-state index contributed by atoms with van der Waals surface area (Å²) in [7, 11) is -4.69. The van der Waals surface area contributed by atoms with Crippen molar-refractivity contribution in [2.75, 3.05) is 5.94 Å². The van der Waals surface area contributed by atoms with Crippen molar-refractivity contribution in [3.05, 3.63) is 33.9 Å². The molecule has 0 aromatic heterocycles. The van der Waals surface area contributed by atoms with Crippen LogP contribution in [0.5, 0.6) is 5.75 Å². The molecule has 1 aromatic carbocycles. The topological polar surface area (TPSA) is 218 Å². The van der Waals surface area contributed by atoms with Crippen molar-refractivity contribution in [2.24, 2.45) is 0 Å². The van der Waals surface area contributed by atoms with E-state index in [-0.39, 0.29) is 5.56 Å². The molecule has 0 saturated carbocycles. The summed E-state index contributed by atoms with van der Waals surface area (Å²) >= 11 is 0.